The van der Waals surface area contributed by atoms with E-state index in [0.29, 0.717) is 12.1 Å². The Morgan fingerprint density at radius 3 is 2.29 bits per heavy atom. The van der Waals surface area contributed by atoms with E-state index in [-0.39, 0.29) is 24.4 Å². The number of aliphatic carboxylic acids is 2. The lowest BCUT2D eigenvalue weighted by atomic mass is 9.93. The minimum absolute atomic E-state index is 0.136. The molecular weight excluding hydrogens is 371 g/mol. The number of nitrogens with one attached hydrogen (secondary N) is 1. The van der Waals surface area contributed by atoms with Crippen molar-refractivity contribution in [1.29, 1.82) is 0 Å². The molecule has 0 radical (unpaired) electrons. The number of hydrogen-bond acceptors (Lipinski definition) is 6. The Hall–Kier alpha value is -2.07. The zero-order valence-electron chi connectivity index (χ0n) is 16.8. The molecule has 0 aliphatic carbocycles. The molecule has 9 heteroatoms. The van der Waals surface area contributed by atoms with Crippen molar-refractivity contribution in [3.05, 3.63) is 35.6 Å². The maximum atomic E-state index is 13.4. The number of carboxylic acid groups (broad SMARTS) is 2. The van der Waals surface area contributed by atoms with Crippen LogP contribution in [0.5, 0.6) is 0 Å². The zero-order valence-corrected chi connectivity index (χ0v) is 16.8. The van der Waals surface area contributed by atoms with Crippen molar-refractivity contribution in [3.63, 3.8) is 0 Å². The molecule has 1 unspecified atom stereocenters. The topological polar surface area (TPSA) is 119 Å². The van der Waals surface area contributed by atoms with Crippen molar-refractivity contribution in [2.24, 2.45) is 5.41 Å². The van der Waals surface area contributed by atoms with Crippen LogP contribution in [0.2, 0.25) is 0 Å². The SMILES string of the molecule is CN(C)CC(C)(C)CNCC(O)COCc1ccccc1F.O=C(O)C(=O)O. The van der Waals surface area contributed by atoms with Gasteiger partial charge in [-0.2, -0.15) is 0 Å². The second-order valence-electron chi connectivity index (χ2n) is 7.40. The average Bonchev–Trinajstić information content (AvgIpc) is 2.55. The molecule has 4 N–H and O–H groups in total. The fourth-order valence-electron chi connectivity index (χ4n) is 2.47. The summed E-state index contributed by atoms with van der Waals surface area (Å²) in [5, 5.41) is 27.9. The quantitative estimate of drug-likeness (QED) is 0.429. The molecule has 1 aromatic carbocycles. The molecule has 0 spiro atoms. The second-order valence-corrected chi connectivity index (χ2v) is 7.40. The lowest BCUT2D eigenvalue weighted by molar-refractivity contribution is -0.159. The number of benzene rings is 1. The third-order valence-electron chi connectivity index (χ3n) is 3.44. The Bertz CT molecular complexity index is 598. The highest BCUT2D eigenvalue weighted by Gasteiger charge is 2.18. The van der Waals surface area contributed by atoms with Crippen LogP contribution in [0, 0.1) is 11.2 Å². The second kappa shape index (κ2) is 13.2. The summed E-state index contributed by atoms with van der Waals surface area (Å²) in [6.07, 6.45) is -0.595. The van der Waals surface area contributed by atoms with Crippen molar-refractivity contribution in [3.8, 4) is 0 Å². The summed E-state index contributed by atoms with van der Waals surface area (Å²) in [6.45, 7) is 6.98. The molecule has 0 saturated carbocycles. The highest BCUT2D eigenvalue weighted by molar-refractivity contribution is 6.27. The smallest absolute Gasteiger partial charge is 0.414 e. The van der Waals surface area contributed by atoms with Gasteiger partial charge in [0.15, 0.2) is 0 Å². The molecule has 1 atom stereocenters. The molecular formula is C19H31FN2O6. The predicted octanol–water partition coefficient (Wildman–Crippen LogP) is 1.04. The predicted molar refractivity (Wildman–Crippen MR) is 103 cm³/mol. The normalized spacial score (nSPS) is 12.2. The Morgan fingerprint density at radius 2 is 1.79 bits per heavy atom. The molecule has 0 saturated heterocycles. The van der Waals surface area contributed by atoms with Crippen LogP contribution in [0.4, 0.5) is 4.39 Å². The summed E-state index contributed by atoms with van der Waals surface area (Å²) < 4.78 is 18.8. The number of carbonyl (C=O) groups is 2. The number of halogens is 1. The molecule has 160 valence electrons. The Balaban J connectivity index is 0.00000105. The largest absolute Gasteiger partial charge is 0.473 e. The van der Waals surface area contributed by atoms with E-state index in [2.05, 4.69) is 24.1 Å². The van der Waals surface area contributed by atoms with Crippen LogP contribution in [0.15, 0.2) is 24.3 Å². The maximum Gasteiger partial charge on any atom is 0.414 e. The number of aliphatic hydroxyl groups excluding tert-OH is 1. The number of aliphatic hydroxyl groups is 1. The average molecular weight is 402 g/mol. The van der Waals surface area contributed by atoms with Gasteiger partial charge in [-0.25, -0.2) is 14.0 Å². The summed E-state index contributed by atoms with van der Waals surface area (Å²) in [5.41, 5.74) is 0.645. The third-order valence-corrected chi connectivity index (χ3v) is 3.44. The Morgan fingerprint density at radius 1 is 1.21 bits per heavy atom. The molecule has 8 nitrogen and oxygen atoms in total. The van der Waals surface area contributed by atoms with Crippen LogP contribution in [-0.4, -0.2) is 78.6 Å². The van der Waals surface area contributed by atoms with Crippen molar-refractivity contribution >= 4 is 11.9 Å². The van der Waals surface area contributed by atoms with E-state index >= 15 is 0 Å². The molecule has 0 fully saturated rings. The van der Waals surface area contributed by atoms with Gasteiger partial charge in [-0.3, -0.25) is 0 Å². The van der Waals surface area contributed by atoms with E-state index in [4.69, 9.17) is 24.5 Å². The molecule has 0 bridgehead atoms. The summed E-state index contributed by atoms with van der Waals surface area (Å²) in [5.74, 6) is -3.93. The van der Waals surface area contributed by atoms with Crippen molar-refractivity contribution in [2.75, 3.05) is 40.3 Å². The molecule has 0 aromatic heterocycles. The Labute approximate surface area is 164 Å². The maximum absolute atomic E-state index is 13.4. The van der Waals surface area contributed by atoms with Crippen LogP contribution in [-0.2, 0) is 20.9 Å². The van der Waals surface area contributed by atoms with Gasteiger partial charge in [0.2, 0.25) is 0 Å². The number of rotatable bonds is 10. The molecule has 1 aromatic rings. The highest BCUT2D eigenvalue weighted by atomic mass is 19.1. The van der Waals surface area contributed by atoms with Crippen LogP contribution in [0.25, 0.3) is 0 Å². The first kappa shape index (κ1) is 25.9. The summed E-state index contributed by atoms with van der Waals surface area (Å²) in [6, 6.07) is 6.51. The van der Waals surface area contributed by atoms with Crippen LogP contribution < -0.4 is 5.32 Å². The van der Waals surface area contributed by atoms with Crippen molar-refractivity contribution in [1.82, 2.24) is 10.2 Å². The van der Waals surface area contributed by atoms with Crippen molar-refractivity contribution < 1.29 is 34.0 Å². The molecule has 0 amide bonds. The fraction of sp³-hybridized carbons (Fsp3) is 0.579. The first-order valence-corrected chi connectivity index (χ1v) is 8.75. The van der Waals surface area contributed by atoms with Gasteiger partial charge in [-0.1, -0.05) is 32.0 Å². The number of nitrogens with zero attached hydrogens (tertiary/aromatic N) is 1. The van der Waals surface area contributed by atoms with Gasteiger partial charge in [0.25, 0.3) is 0 Å². The Kier molecular flexibility index (Phi) is 12.2. The monoisotopic (exact) mass is 402 g/mol. The first-order chi connectivity index (χ1) is 12.9. The lowest BCUT2D eigenvalue weighted by Gasteiger charge is -2.29. The van der Waals surface area contributed by atoms with E-state index in [1.807, 2.05) is 14.1 Å². The summed E-state index contributed by atoms with van der Waals surface area (Å²) in [7, 11) is 4.10. The van der Waals surface area contributed by atoms with E-state index in [1.54, 1.807) is 18.2 Å². The van der Waals surface area contributed by atoms with Crippen LogP contribution in [0.3, 0.4) is 0 Å². The van der Waals surface area contributed by atoms with E-state index < -0.39 is 18.0 Å². The molecule has 0 heterocycles. The standard InChI is InChI=1S/C17H29FN2O2.C2H2O4/c1-17(2,13-20(3)4)12-19-9-15(21)11-22-10-14-7-5-6-8-16(14)18;3-1(4)2(5)6/h5-8,15,19,21H,9-13H2,1-4H3;(H,3,4)(H,5,6). The highest BCUT2D eigenvalue weighted by Crippen LogP contribution is 2.14. The number of carboxylic acids is 2. The number of hydrogen-bond donors (Lipinski definition) is 4. The van der Waals surface area contributed by atoms with Gasteiger partial charge in [0, 0.05) is 25.2 Å². The minimum Gasteiger partial charge on any atom is -0.473 e. The van der Waals surface area contributed by atoms with Gasteiger partial charge >= 0.3 is 11.9 Å². The molecule has 1 rings (SSSR count). The zero-order chi connectivity index (χ0) is 21.7. The molecule has 0 aliphatic rings. The van der Waals surface area contributed by atoms with Gasteiger partial charge in [-0.05, 0) is 25.6 Å². The third kappa shape index (κ3) is 13.2. The van der Waals surface area contributed by atoms with E-state index in [1.165, 1.54) is 6.07 Å². The molecule has 28 heavy (non-hydrogen) atoms. The van der Waals surface area contributed by atoms with E-state index in [0.717, 1.165) is 13.1 Å². The molecule has 0 aliphatic heterocycles. The van der Waals surface area contributed by atoms with Crippen LogP contribution in [0.1, 0.15) is 19.4 Å². The van der Waals surface area contributed by atoms with Crippen LogP contribution >= 0.6 is 0 Å². The first-order valence-electron chi connectivity index (χ1n) is 8.75. The van der Waals surface area contributed by atoms with Gasteiger partial charge in [0.05, 0.1) is 19.3 Å². The lowest BCUT2D eigenvalue weighted by Crippen LogP contribution is -2.40. The number of ether oxygens (including phenoxy) is 1. The van der Waals surface area contributed by atoms with Gasteiger partial charge < -0.3 is 30.3 Å². The van der Waals surface area contributed by atoms with E-state index in [9.17, 15) is 9.50 Å². The fourth-order valence-corrected chi connectivity index (χ4v) is 2.47. The summed E-state index contributed by atoms with van der Waals surface area (Å²) in [4.78, 5) is 20.3. The van der Waals surface area contributed by atoms with Crippen molar-refractivity contribution in [2.45, 2.75) is 26.6 Å². The van der Waals surface area contributed by atoms with Gasteiger partial charge in [-0.15, -0.1) is 0 Å². The minimum atomic E-state index is -1.82. The van der Waals surface area contributed by atoms with Gasteiger partial charge in [0.1, 0.15) is 5.82 Å². The summed E-state index contributed by atoms with van der Waals surface area (Å²) >= 11 is 0.